The van der Waals surface area contributed by atoms with Gasteiger partial charge in [0.2, 0.25) is 0 Å². The summed E-state index contributed by atoms with van der Waals surface area (Å²) in [6.45, 7) is 4.38. The molecule has 176 valence electrons. The number of benzene rings is 3. The average molecular weight is 637 g/mol. The summed E-state index contributed by atoms with van der Waals surface area (Å²) in [7, 11) is 0. The van der Waals surface area contributed by atoms with Gasteiger partial charge in [0.15, 0.2) is 0 Å². The topological polar surface area (TPSA) is 46.0 Å². The molecule has 35 heavy (non-hydrogen) atoms. The Hall–Kier alpha value is -3.55. The summed E-state index contributed by atoms with van der Waals surface area (Å²) in [6.07, 6.45) is 1.78. The molecule has 0 bridgehead atoms. The van der Waals surface area contributed by atoms with Crippen molar-refractivity contribution in [2.24, 2.45) is 0 Å². The van der Waals surface area contributed by atoms with E-state index in [-0.39, 0.29) is 32.2 Å². The van der Waals surface area contributed by atoms with Gasteiger partial charge in [0.1, 0.15) is 5.75 Å². The van der Waals surface area contributed by atoms with Gasteiger partial charge < -0.3 is 5.11 Å². The van der Waals surface area contributed by atoms with Gasteiger partial charge in [-0.2, -0.15) is 0 Å². The maximum absolute atomic E-state index is 10.7. The molecule has 0 radical (unpaired) electrons. The van der Waals surface area contributed by atoms with Crippen LogP contribution in [0.15, 0.2) is 109 Å². The van der Waals surface area contributed by atoms with E-state index in [1.165, 1.54) is 5.56 Å². The van der Waals surface area contributed by atoms with E-state index in [4.69, 9.17) is 4.98 Å². The normalized spacial score (nSPS) is 11.0. The first kappa shape index (κ1) is 24.6. The minimum Gasteiger partial charge on any atom is -0.507 e. The number of pyridine rings is 2. The third kappa shape index (κ3) is 4.97. The van der Waals surface area contributed by atoms with Crippen LogP contribution in [-0.2, 0) is 26.5 Å². The van der Waals surface area contributed by atoms with Crippen LogP contribution in [0, 0.1) is 6.07 Å². The molecule has 0 aliphatic rings. The molecule has 0 aliphatic heterocycles. The quantitative estimate of drug-likeness (QED) is 0.206. The Balaban J connectivity index is 0.00000289. The predicted molar refractivity (Wildman–Crippen MR) is 137 cm³/mol. The standard InChI is InChI=1S/C31H25N2O.Pt/c1-31(2,24-13-4-3-5-14-24)26-18-19-28(33-30(26)25-15-6-7-17-29(25)34)23-12-10-11-22(21-23)27-16-8-9-20-32-27;/h3-20,34H,1-2H3;/q-1;. The van der Waals surface area contributed by atoms with Gasteiger partial charge in [-0.05, 0) is 29.3 Å². The zero-order valence-electron chi connectivity index (χ0n) is 19.6. The van der Waals surface area contributed by atoms with E-state index < -0.39 is 0 Å². The first-order valence-electron chi connectivity index (χ1n) is 11.3. The molecule has 0 atom stereocenters. The maximum Gasteiger partial charge on any atom is 0.124 e. The summed E-state index contributed by atoms with van der Waals surface area (Å²) in [4.78, 5) is 9.54. The van der Waals surface area contributed by atoms with Crippen molar-refractivity contribution in [1.29, 1.82) is 0 Å². The van der Waals surface area contributed by atoms with Gasteiger partial charge in [-0.15, -0.1) is 24.3 Å². The number of rotatable bonds is 5. The summed E-state index contributed by atoms with van der Waals surface area (Å²) < 4.78 is 0. The number of phenolic OH excluding ortho intramolecular Hbond substituents is 1. The van der Waals surface area contributed by atoms with Gasteiger partial charge in [0, 0.05) is 49.6 Å². The molecule has 2 aromatic heterocycles. The van der Waals surface area contributed by atoms with E-state index in [2.05, 4.69) is 55.2 Å². The summed E-state index contributed by atoms with van der Waals surface area (Å²) in [5.41, 5.74) is 6.85. The van der Waals surface area contributed by atoms with Crippen molar-refractivity contribution in [3.8, 4) is 39.5 Å². The van der Waals surface area contributed by atoms with Crippen LogP contribution < -0.4 is 0 Å². The molecule has 0 fully saturated rings. The van der Waals surface area contributed by atoms with E-state index >= 15 is 0 Å². The molecule has 5 rings (SSSR count). The smallest absolute Gasteiger partial charge is 0.124 e. The van der Waals surface area contributed by atoms with Crippen molar-refractivity contribution >= 4 is 0 Å². The Bertz CT molecular complexity index is 1430. The molecular formula is C31H25N2OPt-. The number of aromatic hydroxyl groups is 1. The van der Waals surface area contributed by atoms with E-state index in [9.17, 15) is 5.11 Å². The zero-order valence-corrected chi connectivity index (χ0v) is 21.8. The minimum atomic E-state index is -0.316. The van der Waals surface area contributed by atoms with Crippen LogP contribution in [0.25, 0.3) is 33.8 Å². The molecular weight excluding hydrogens is 611 g/mol. The molecule has 4 heteroatoms. The second-order valence-electron chi connectivity index (χ2n) is 8.79. The molecule has 3 nitrogen and oxygen atoms in total. The molecule has 0 saturated heterocycles. The van der Waals surface area contributed by atoms with Crippen LogP contribution in [0.5, 0.6) is 5.75 Å². The second kappa shape index (κ2) is 10.4. The van der Waals surface area contributed by atoms with Crippen molar-refractivity contribution in [1.82, 2.24) is 9.97 Å². The van der Waals surface area contributed by atoms with E-state index in [1.54, 1.807) is 12.3 Å². The number of hydrogen-bond acceptors (Lipinski definition) is 3. The van der Waals surface area contributed by atoms with Crippen LogP contribution in [0.1, 0.15) is 25.0 Å². The van der Waals surface area contributed by atoms with Gasteiger partial charge in [-0.3, -0.25) is 9.97 Å². The van der Waals surface area contributed by atoms with Crippen molar-refractivity contribution in [3.05, 3.63) is 127 Å². The Kier molecular flexibility index (Phi) is 7.28. The fourth-order valence-electron chi connectivity index (χ4n) is 4.29. The van der Waals surface area contributed by atoms with Crippen LogP contribution in [-0.4, -0.2) is 15.1 Å². The van der Waals surface area contributed by atoms with Crippen LogP contribution in [0.4, 0.5) is 0 Å². The first-order valence-corrected chi connectivity index (χ1v) is 11.3. The third-order valence-corrected chi connectivity index (χ3v) is 6.24. The molecule has 2 heterocycles. The van der Waals surface area contributed by atoms with E-state index in [0.29, 0.717) is 5.56 Å². The van der Waals surface area contributed by atoms with Gasteiger partial charge in [-0.1, -0.05) is 91.7 Å². The number of nitrogens with zero attached hydrogens (tertiary/aromatic N) is 2. The van der Waals surface area contributed by atoms with Gasteiger partial charge >= 0.3 is 0 Å². The van der Waals surface area contributed by atoms with Gasteiger partial charge in [0.05, 0.1) is 5.69 Å². The fourth-order valence-corrected chi connectivity index (χ4v) is 4.29. The van der Waals surface area contributed by atoms with Crippen LogP contribution in [0.3, 0.4) is 0 Å². The van der Waals surface area contributed by atoms with Crippen molar-refractivity contribution in [3.63, 3.8) is 0 Å². The monoisotopic (exact) mass is 636 g/mol. The van der Waals surface area contributed by atoms with Gasteiger partial charge in [0.25, 0.3) is 0 Å². The molecule has 5 aromatic rings. The maximum atomic E-state index is 10.7. The third-order valence-electron chi connectivity index (χ3n) is 6.24. The van der Waals surface area contributed by atoms with Crippen molar-refractivity contribution in [2.45, 2.75) is 19.3 Å². The SMILES string of the molecule is CC(C)(c1ccccc1)c1ccc(-c2[c-]c(-c3ccccn3)ccc2)nc1-c1ccccc1O.[Pt]. The predicted octanol–water partition coefficient (Wildman–Crippen LogP) is 7.31. The molecule has 3 aromatic carbocycles. The molecule has 0 amide bonds. The van der Waals surface area contributed by atoms with E-state index in [1.807, 2.05) is 66.7 Å². The first-order chi connectivity index (χ1) is 16.5. The Morgan fingerprint density at radius 1 is 0.686 bits per heavy atom. The minimum absolute atomic E-state index is 0. The number of hydrogen-bond donors (Lipinski definition) is 1. The van der Waals surface area contributed by atoms with Crippen LogP contribution >= 0.6 is 0 Å². The van der Waals surface area contributed by atoms with Crippen molar-refractivity contribution < 1.29 is 26.2 Å². The fraction of sp³-hybridized carbons (Fsp3) is 0.0968. The summed E-state index contributed by atoms with van der Waals surface area (Å²) in [5.74, 6) is 0.212. The molecule has 1 N–H and O–H groups in total. The van der Waals surface area contributed by atoms with E-state index in [0.717, 1.165) is 33.8 Å². The molecule has 0 saturated carbocycles. The average Bonchev–Trinajstić information content (AvgIpc) is 2.90. The second-order valence-corrected chi connectivity index (χ2v) is 8.79. The number of aromatic nitrogens is 2. The number of phenols is 1. The Morgan fingerprint density at radius 2 is 1.37 bits per heavy atom. The molecule has 0 spiro atoms. The Labute approximate surface area is 220 Å². The summed E-state index contributed by atoms with van der Waals surface area (Å²) >= 11 is 0. The summed E-state index contributed by atoms with van der Waals surface area (Å²) in [5, 5.41) is 10.7. The van der Waals surface area contributed by atoms with Gasteiger partial charge in [-0.25, -0.2) is 0 Å². The van der Waals surface area contributed by atoms with Crippen molar-refractivity contribution in [2.75, 3.05) is 0 Å². The Morgan fingerprint density at radius 3 is 2.09 bits per heavy atom. The van der Waals surface area contributed by atoms with Crippen LogP contribution in [0.2, 0.25) is 0 Å². The zero-order chi connectivity index (χ0) is 23.5. The largest absolute Gasteiger partial charge is 0.507 e. The molecule has 0 unspecified atom stereocenters. The summed E-state index contributed by atoms with van der Waals surface area (Å²) in [6, 6.07) is 37.3. The number of para-hydroxylation sites is 1. The molecule has 0 aliphatic carbocycles.